The summed E-state index contributed by atoms with van der Waals surface area (Å²) >= 11 is 3.46. The van der Waals surface area contributed by atoms with Gasteiger partial charge in [0.15, 0.2) is 0 Å². The van der Waals surface area contributed by atoms with Crippen LogP contribution in [0.15, 0.2) is 29.0 Å². The molecule has 0 radical (unpaired) electrons. The van der Waals surface area contributed by atoms with Gasteiger partial charge in [0.1, 0.15) is 16.0 Å². The number of nitrogens with zero attached hydrogens (tertiary/aromatic N) is 3. The minimum Gasteiger partial charge on any atom is -0.444 e. The van der Waals surface area contributed by atoms with Crippen molar-refractivity contribution in [2.24, 2.45) is 7.05 Å². The number of imidazole rings is 1. The summed E-state index contributed by atoms with van der Waals surface area (Å²) in [6.07, 6.45) is 1.52. The molecular formula is C17H20BrN3O2. The average molecular weight is 378 g/mol. The normalized spacial score (nSPS) is 14.0. The van der Waals surface area contributed by atoms with E-state index in [1.807, 2.05) is 38.5 Å². The summed E-state index contributed by atoms with van der Waals surface area (Å²) in [6.45, 7) is 6.81. The van der Waals surface area contributed by atoms with E-state index < -0.39 is 5.60 Å². The molecule has 6 heteroatoms. The van der Waals surface area contributed by atoms with Crippen LogP contribution < -0.4 is 0 Å². The zero-order chi connectivity index (χ0) is 16.8. The van der Waals surface area contributed by atoms with E-state index >= 15 is 0 Å². The molecule has 122 valence electrons. The summed E-state index contributed by atoms with van der Waals surface area (Å²) in [7, 11) is 1.96. The van der Waals surface area contributed by atoms with Crippen molar-refractivity contribution in [1.82, 2.24) is 14.5 Å². The van der Waals surface area contributed by atoms with Crippen LogP contribution in [-0.2, 0) is 24.9 Å². The number of carbonyl (C=O) groups excluding carboxylic acids is 1. The zero-order valence-electron chi connectivity index (χ0n) is 13.8. The van der Waals surface area contributed by atoms with E-state index in [0.717, 1.165) is 27.1 Å². The largest absolute Gasteiger partial charge is 0.444 e. The van der Waals surface area contributed by atoms with E-state index in [-0.39, 0.29) is 6.09 Å². The molecule has 0 bridgehead atoms. The van der Waals surface area contributed by atoms with Crippen molar-refractivity contribution in [3.05, 3.63) is 40.1 Å². The maximum absolute atomic E-state index is 12.2. The van der Waals surface area contributed by atoms with Gasteiger partial charge in [-0.1, -0.05) is 12.1 Å². The maximum Gasteiger partial charge on any atom is 0.410 e. The molecule has 0 unspecified atom stereocenters. The maximum atomic E-state index is 12.2. The van der Waals surface area contributed by atoms with Crippen LogP contribution in [0, 0.1) is 0 Å². The van der Waals surface area contributed by atoms with E-state index in [4.69, 9.17) is 4.74 Å². The molecule has 0 spiro atoms. The lowest BCUT2D eigenvalue weighted by Crippen LogP contribution is -2.33. The van der Waals surface area contributed by atoms with Crippen molar-refractivity contribution in [3.63, 3.8) is 0 Å². The van der Waals surface area contributed by atoms with Crippen LogP contribution in [0.25, 0.3) is 11.4 Å². The smallest absolute Gasteiger partial charge is 0.410 e. The minimum absolute atomic E-state index is 0.269. The van der Waals surface area contributed by atoms with Crippen molar-refractivity contribution in [2.45, 2.75) is 39.5 Å². The van der Waals surface area contributed by atoms with Gasteiger partial charge in [-0.3, -0.25) is 4.90 Å². The third-order valence-electron chi connectivity index (χ3n) is 3.77. The van der Waals surface area contributed by atoms with E-state index in [1.165, 1.54) is 0 Å². The van der Waals surface area contributed by atoms with E-state index in [2.05, 4.69) is 33.0 Å². The lowest BCUT2D eigenvalue weighted by atomic mass is 10.1. The first-order chi connectivity index (χ1) is 10.7. The molecular weight excluding hydrogens is 358 g/mol. The molecule has 1 aliphatic rings. The van der Waals surface area contributed by atoms with E-state index in [1.54, 1.807) is 11.1 Å². The van der Waals surface area contributed by atoms with Gasteiger partial charge < -0.3 is 9.30 Å². The number of aromatic nitrogens is 2. The first-order valence-electron chi connectivity index (χ1n) is 7.52. The van der Waals surface area contributed by atoms with E-state index in [9.17, 15) is 4.79 Å². The number of hydrogen-bond donors (Lipinski definition) is 0. The fourth-order valence-corrected chi connectivity index (χ4v) is 2.92. The second-order valence-electron chi connectivity index (χ2n) is 6.78. The van der Waals surface area contributed by atoms with Crippen molar-refractivity contribution in [2.75, 3.05) is 0 Å². The molecule has 0 aliphatic carbocycles. The molecule has 0 saturated heterocycles. The molecule has 0 atom stereocenters. The summed E-state index contributed by atoms with van der Waals surface area (Å²) in [6, 6.07) is 6.22. The number of fused-ring (bicyclic) bond motifs is 1. The Labute approximate surface area is 144 Å². The summed E-state index contributed by atoms with van der Waals surface area (Å²) in [5.74, 6) is 0.899. The van der Waals surface area contributed by atoms with Crippen LogP contribution in [0.3, 0.4) is 0 Å². The Balaban J connectivity index is 1.81. The molecule has 2 heterocycles. The Morgan fingerprint density at radius 3 is 2.57 bits per heavy atom. The SMILES string of the molecule is Cn1c(Br)cnc1-c1ccc2c(c1)CN(C(=O)OC(C)(C)C)C2. The molecule has 1 amide bonds. The second kappa shape index (κ2) is 5.67. The second-order valence-corrected chi connectivity index (χ2v) is 7.60. The molecule has 2 aromatic rings. The highest BCUT2D eigenvalue weighted by molar-refractivity contribution is 9.10. The highest BCUT2D eigenvalue weighted by Gasteiger charge is 2.28. The average Bonchev–Trinajstić information content (AvgIpc) is 3.01. The summed E-state index contributed by atoms with van der Waals surface area (Å²) in [5, 5.41) is 0. The first kappa shape index (κ1) is 16.1. The molecule has 0 fully saturated rings. The van der Waals surface area contributed by atoms with Gasteiger partial charge in [-0.2, -0.15) is 0 Å². The third-order valence-corrected chi connectivity index (χ3v) is 4.51. The number of amides is 1. The lowest BCUT2D eigenvalue weighted by Gasteiger charge is -2.24. The summed E-state index contributed by atoms with van der Waals surface area (Å²) in [4.78, 5) is 18.4. The highest BCUT2D eigenvalue weighted by atomic mass is 79.9. The van der Waals surface area contributed by atoms with Crippen LogP contribution >= 0.6 is 15.9 Å². The highest BCUT2D eigenvalue weighted by Crippen LogP contribution is 2.29. The monoisotopic (exact) mass is 377 g/mol. The molecule has 1 aromatic carbocycles. The Hall–Kier alpha value is -1.82. The standard InChI is InChI=1S/C17H20BrN3O2/c1-17(2,3)23-16(22)21-9-12-6-5-11(7-13(12)10-21)15-19-8-14(18)20(15)4/h5-8H,9-10H2,1-4H3. The van der Waals surface area contributed by atoms with Gasteiger partial charge >= 0.3 is 6.09 Å². The molecule has 1 aromatic heterocycles. The van der Waals surface area contributed by atoms with Gasteiger partial charge in [0, 0.05) is 25.7 Å². The summed E-state index contributed by atoms with van der Waals surface area (Å²) in [5.41, 5.74) is 2.87. The predicted octanol–water partition coefficient (Wildman–Crippen LogP) is 4.10. The number of halogens is 1. The topological polar surface area (TPSA) is 47.4 Å². The number of carbonyl (C=O) groups is 1. The minimum atomic E-state index is -0.476. The molecule has 23 heavy (non-hydrogen) atoms. The van der Waals surface area contributed by atoms with Crippen molar-refractivity contribution in [3.8, 4) is 11.4 Å². The third kappa shape index (κ3) is 3.27. The van der Waals surface area contributed by atoms with Crippen LogP contribution in [0.5, 0.6) is 0 Å². The van der Waals surface area contributed by atoms with Crippen LogP contribution in [0.2, 0.25) is 0 Å². The zero-order valence-corrected chi connectivity index (χ0v) is 15.3. The molecule has 3 rings (SSSR count). The molecule has 0 saturated carbocycles. The Kier molecular flexibility index (Phi) is 3.96. The first-order valence-corrected chi connectivity index (χ1v) is 8.31. The van der Waals surface area contributed by atoms with Crippen LogP contribution in [0.4, 0.5) is 4.79 Å². The Bertz CT molecular complexity index is 762. The summed E-state index contributed by atoms with van der Waals surface area (Å²) < 4.78 is 8.38. The lowest BCUT2D eigenvalue weighted by molar-refractivity contribution is 0.0242. The van der Waals surface area contributed by atoms with Gasteiger partial charge in [-0.05, 0) is 53.9 Å². The van der Waals surface area contributed by atoms with Gasteiger partial charge in [0.2, 0.25) is 0 Å². The number of ether oxygens (including phenoxy) is 1. The van der Waals surface area contributed by atoms with Crippen LogP contribution in [-0.4, -0.2) is 26.1 Å². The molecule has 5 nitrogen and oxygen atoms in total. The van der Waals surface area contributed by atoms with Gasteiger partial charge in [0.05, 0.1) is 6.20 Å². The predicted molar refractivity (Wildman–Crippen MR) is 91.8 cm³/mol. The fraction of sp³-hybridized carbons (Fsp3) is 0.412. The van der Waals surface area contributed by atoms with Crippen molar-refractivity contribution in [1.29, 1.82) is 0 Å². The Morgan fingerprint density at radius 2 is 1.96 bits per heavy atom. The molecule has 0 N–H and O–H groups in total. The fourth-order valence-electron chi connectivity index (χ4n) is 2.65. The van der Waals surface area contributed by atoms with Crippen LogP contribution in [0.1, 0.15) is 31.9 Å². The number of rotatable bonds is 1. The van der Waals surface area contributed by atoms with Gasteiger partial charge in [-0.25, -0.2) is 9.78 Å². The van der Waals surface area contributed by atoms with E-state index in [0.29, 0.717) is 13.1 Å². The van der Waals surface area contributed by atoms with Gasteiger partial charge in [0.25, 0.3) is 0 Å². The Morgan fingerprint density at radius 1 is 1.26 bits per heavy atom. The molecule has 1 aliphatic heterocycles. The quantitative estimate of drug-likeness (QED) is 0.751. The number of hydrogen-bond acceptors (Lipinski definition) is 3. The number of benzene rings is 1. The van der Waals surface area contributed by atoms with Crippen molar-refractivity contribution < 1.29 is 9.53 Å². The van der Waals surface area contributed by atoms with Gasteiger partial charge in [-0.15, -0.1) is 0 Å². The van der Waals surface area contributed by atoms with Crippen molar-refractivity contribution >= 4 is 22.0 Å².